The van der Waals surface area contributed by atoms with E-state index in [2.05, 4.69) is 12.2 Å². The summed E-state index contributed by atoms with van der Waals surface area (Å²) in [5.41, 5.74) is 0. The maximum absolute atomic E-state index is 11.1. The first-order chi connectivity index (χ1) is 15.3. The summed E-state index contributed by atoms with van der Waals surface area (Å²) in [6.45, 7) is 3.35. The fourth-order valence-electron chi connectivity index (χ4n) is 4.69. The number of hydrogen-bond acceptors (Lipinski definition) is 7. The smallest absolute Gasteiger partial charge is 0.157 e. The Morgan fingerprint density at radius 3 is 2.45 bits per heavy atom. The lowest BCUT2D eigenvalue weighted by Gasteiger charge is -2.28. The van der Waals surface area contributed by atoms with Crippen LogP contribution in [0, 0.1) is 11.8 Å². The van der Waals surface area contributed by atoms with Crippen molar-refractivity contribution >= 4 is 6.29 Å². The van der Waals surface area contributed by atoms with Crippen LogP contribution in [0.25, 0.3) is 0 Å². The minimum Gasteiger partial charge on any atom is -0.393 e. The number of unbranched alkanes of at least 4 members (excludes halogenated alkanes) is 1. The SMILES string of the molecule is O=CCC1[C@@H](C=CCCCOCCOC2CCCCO2)[C@H](OC2CCCCO2)C[C@@H]1O. The highest BCUT2D eigenvalue weighted by molar-refractivity contribution is 5.50. The van der Waals surface area contributed by atoms with Crippen LogP contribution in [0.1, 0.15) is 64.2 Å². The van der Waals surface area contributed by atoms with E-state index in [1.807, 2.05) is 0 Å². The van der Waals surface area contributed by atoms with E-state index < -0.39 is 6.10 Å². The van der Waals surface area contributed by atoms with Crippen LogP contribution in [-0.2, 0) is 28.5 Å². The third-order valence-electron chi connectivity index (χ3n) is 6.41. The second kappa shape index (κ2) is 14.3. The molecule has 0 radical (unpaired) electrons. The van der Waals surface area contributed by atoms with E-state index in [0.29, 0.717) is 32.7 Å². The van der Waals surface area contributed by atoms with Gasteiger partial charge in [-0.2, -0.15) is 0 Å². The molecule has 1 saturated carbocycles. The average molecular weight is 441 g/mol. The standard InChI is InChI=1S/C24H40O7/c25-12-11-19-20(22(18-21(19)26)31-24-10-4-7-15-29-24)8-2-1-5-13-27-16-17-30-23-9-3-6-14-28-23/h2,8,12,19-24,26H,1,3-7,9-11,13-18H2/t19?,20-,21+,22-,23?,24?/m1/s1. The molecule has 7 heteroatoms. The van der Waals surface area contributed by atoms with Crippen LogP contribution in [0.2, 0.25) is 0 Å². The van der Waals surface area contributed by atoms with Crippen molar-refractivity contribution in [1.29, 1.82) is 0 Å². The van der Waals surface area contributed by atoms with Gasteiger partial charge in [0.05, 0.1) is 25.4 Å². The Morgan fingerprint density at radius 1 is 0.968 bits per heavy atom. The molecule has 3 rings (SSSR count). The van der Waals surface area contributed by atoms with Crippen LogP contribution in [-0.4, -0.2) is 69.2 Å². The molecule has 3 fully saturated rings. The molecule has 3 unspecified atom stereocenters. The minimum absolute atomic E-state index is 0.0375. The van der Waals surface area contributed by atoms with Crippen LogP contribution in [0.4, 0.5) is 0 Å². The van der Waals surface area contributed by atoms with Crippen molar-refractivity contribution in [3.05, 3.63) is 12.2 Å². The molecular weight excluding hydrogens is 400 g/mol. The van der Waals surface area contributed by atoms with Gasteiger partial charge in [0.15, 0.2) is 12.6 Å². The monoisotopic (exact) mass is 440 g/mol. The summed E-state index contributed by atoms with van der Waals surface area (Å²) < 4.78 is 28.7. The molecule has 178 valence electrons. The molecule has 0 aromatic carbocycles. The summed E-state index contributed by atoms with van der Waals surface area (Å²) in [6, 6.07) is 0. The van der Waals surface area contributed by atoms with Gasteiger partial charge in [0.2, 0.25) is 0 Å². The van der Waals surface area contributed by atoms with Crippen molar-refractivity contribution < 1.29 is 33.6 Å². The summed E-state index contributed by atoms with van der Waals surface area (Å²) in [4.78, 5) is 11.1. The lowest BCUT2D eigenvalue weighted by Crippen LogP contribution is -2.30. The molecule has 2 aliphatic heterocycles. The lowest BCUT2D eigenvalue weighted by molar-refractivity contribution is -0.193. The Labute approximate surface area is 186 Å². The molecular formula is C24H40O7. The zero-order valence-electron chi connectivity index (χ0n) is 18.7. The predicted octanol–water partition coefficient (Wildman–Crippen LogP) is 3.38. The molecule has 2 saturated heterocycles. The fraction of sp³-hybridized carbons (Fsp3) is 0.875. The molecule has 6 atom stereocenters. The second-order valence-electron chi connectivity index (χ2n) is 8.77. The Bertz CT molecular complexity index is 514. The maximum Gasteiger partial charge on any atom is 0.157 e. The molecule has 7 nitrogen and oxygen atoms in total. The first-order valence-electron chi connectivity index (χ1n) is 12.1. The number of carbonyl (C=O) groups is 1. The van der Waals surface area contributed by atoms with Crippen molar-refractivity contribution in [3.63, 3.8) is 0 Å². The van der Waals surface area contributed by atoms with Crippen molar-refractivity contribution in [3.8, 4) is 0 Å². The van der Waals surface area contributed by atoms with Gasteiger partial charge < -0.3 is 33.6 Å². The molecule has 2 heterocycles. The number of carbonyl (C=O) groups excluding carboxylic acids is 1. The number of ether oxygens (including phenoxy) is 5. The highest BCUT2D eigenvalue weighted by Crippen LogP contribution is 2.38. The second-order valence-corrected chi connectivity index (χ2v) is 8.77. The van der Waals surface area contributed by atoms with E-state index in [1.165, 1.54) is 6.42 Å². The Balaban J connectivity index is 1.33. The van der Waals surface area contributed by atoms with E-state index in [-0.39, 0.29) is 30.5 Å². The average Bonchev–Trinajstić information content (AvgIpc) is 3.08. The molecule has 0 spiro atoms. The zero-order valence-corrected chi connectivity index (χ0v) is 18.7. The van der Waals surface area contributed by atoms with Gasteiger partial charge >= 0.3 is 0 Å². The van der Waals surface area contributed by atoms with E-state index in [1.54, 1.807) is 0 Å². The van der Waals surface area contributed by atoms with E-state index in [4.69, 9.17) is 23.7 Å². The normalized spacial score (nSPS) is 34.4. The summed E-state index contributed by atoms with van der Waals surface area (Å²) in [5.74, 6) is -0.0479. The van der Waals surface area contributed by atoms with Gasteiger partial charge in [-0.05, 0) is 51.4 Å². The summed E-state index contributed by atoms with van der Waals surface area (Å²) in [7, 11) is 0. The number of rotatable bonds is 13. The molecule has 1 N–H and O–H groups in total. The van der Waals surface area contributed by atoms with E-state index in [0.717, 1.165) is 64.4 Å². The molecule has 31 heavy (non-hydrogen) atoms. The molecule has 0 bridgehead atoms. The first-order valence-corrected chi connectivity index (χ1v) is 12.1. The van der Waals surface area contributed by atoms with Crippen LogP contribution >= 0.6 is 0 Å². The van der Waals surface area contributed by atoms with Crippen molar-refractivity contribution in [1.82, 2.24) is 0 Å². The van der Waals surface area contributed by atoms with Gasteiger partial charge in [0, 0.05) is 44.5 Å². The van der Waals surface area contributed by atoms with Crippen molar-refractivity contribution in [2.75, 3.05) is 33.0 Å². The lowest BCUT2D eigenvalue weighted by atomic mass is 9.90. The van der Waals surface area contributed by atoms with Crippen molar-refractivity contribution in [2.45, 2.75) is 89.0 Å². The third kappa shape index (κ3) is 8.56. The number of aldehydes is 1. The quantitative estimate of drug-likeness (QED) is 0.267. The van der Waals surface area contributed by atoms with Crippen LogP contribution in [0.15, 0.2) is 12.2 Å². The Hall–Kier alpha value is -0.830. The van der Waals surface area contributed by atoms with Gasteiger partial charge in [-0.25, -0.2) is 0 Å². The predicted molar refractivity (Wildman–Crippen MR) is 115 cm³/mol. The topological polar surface area (TPSA) is 83.5 Å². The van der Waals surface area contributed by atoms with Crippen molar-refractivity contribution in [2.24, 2.45) is 11.8 Å². The van der Waals surface area contributed by atoms with Gasteiger partial charge in [0.25, 0.3) is 0 Å². The Kier molecular flexibility index (Phi) is 11.5. The third-order valence-corrected chi connectivity index (χ3v) is 6.41. The Morgan fingerprint density at radius 2 is 1.74 bits per heavy atom. The van der Waals surface area contributed by atoms with Gasteiger partial charge in [-0.1, -0.05) is 12.2 Å². The number of aliphatic hydroxyl groups excluding tert-OH is 1. The highest BCUT2D eigenvalue weighted by Gasteiger charge is 2.42. The highest BCUT2D eigenvalue weighted by atomic mass is 16.7. The minimum atomic E-state index is -0.509. The summed E-state index contributed by atoms with van der Waals surface area (Å²) in [6.07, 6.45) is 13.4. The maximum atomic E-state index is 11.1. The van der Waals surface area contributed by atoms with Gasteiger partial charge in [-0.3, -0.25) is 0 Å². The summed E-state index contributed by atoms with van der Waals surface area (Å²) in [5, 5.41) is 10.5. The molecule has 1 aliphatic carbocycles. The van der Waals surface area contributed by atoms with Crippen LogP contribution in [0.5, 0.6) is 0 Å². The van der Waals surface area contributed by atoms with E-state index in [9.17, 15) is 9.90 Å². The molecule has 3 aliphatic rings. The van der Waals surface area contributed by atoms with Crippen LogP contribution in [0.3, 0.4) is 0 Å². The number of allylic oxidation sites excluding steroid dienone is 1. The number of hydrogen-bond donors (Lipinski definition) is 1. The van der Waals surface area contributed by atoms with Gasteiger partial charge in [-0.15, -0.1) is 0 Å². The molecule has 0 aromatic rings. The first kappa shape index (κ1) is 24.8. The van der Waals surface area contributed by atoms with Crippen LogP contribution < -0.4 is 0 Å². The van der Waals surface area contributed by atoms with E-state index >= 15 is 0 Å². The zero-order chi connectivity index (χ0) is 21.7. The largest absolute Gasteiger partial charge is 0.393 e. The number of aliphatic hydroxyl groups is 1. The molecule has 0 amide bonds. The van der Waals surface area contributed by atoms with Gasteiger partial charge in [0.1, 0.15) is 6.29 Å². The molecule has 0 aromatic heterocycles. The summed E-state index contributed by atoms with van der Waals surface area (Å²) >= 11 is 0. The fourth-order valence-corrected chi connectivity index (χ4v) is 4.69.